The van der Waals surface area contributed by atoms with Crippen molar-refractivity contribution >= 4 is 22.9 Å². The Morgan fingerprint density at radius 3 is 2.33 bits per heavy atom. The highest BCUT2D eigenvalue weighted by atomic mass is 32.2. The standard InChI is InChI=1S/C26H20S/c1-18-13-15-20(16-14-18)23-11-6-12-24-21-9-5-10-22(19-7-3-2-4-8-19)25(17-21)27-26(23)24/h2-17,25H,1H3. The molecule has 0 saturated heterocycles. The molecule has 1 unspecified atom stereocenters. The Morgan fingerprint density at radius 2 is 1.52 bits per heavy atom. The summed E-state index contributed by atoms with van der Waals surface area (Å²) < 4.78 is 0. The van der Waals surface area contributed by atoms with E-state index >= 15 is 0 Å². The molecule has 27 heavy (non-hydrogen) atoms. The first-order valence-electron chi connectivity index (χ1n) is 9.32. The van der Waals surface area contributed by atoms with Crippen molar-refractivity contribution in [3.05, 3.63) is 114 Å². The van der Waals surface area contributed by atoms with Crippen molar-refractivity contribution in [1.82, 2.24) is 0 Å². The van der Waals surface area contributed by atoms with Gasteiger partial charge in [0.15, 0.2) is 0 Å². The summed E-state index contributed by atoms with van der Waals surface area (Å²) in [4.78, 5) is 1.39. The molecule has 0 amide bonds. The first-order valence-corrected chi connectivity index (χ1v) is 10.2. The zero-order valence-corrected chi connectivity index (χ0v) is 16.0. The van der Waals surface area contributed by atoms with Gasteiger partial charge in [0.1, 0.15) is 0 Å². The fourth-order valence-electron chi connectivity index (χ4n) is 3.81. The summed E-state index contributed by atoms with van der Waals surface area (Å²) in [6.07, 6.45) is 9.13. The Morgan fingerprint density at radius 1 is 0.741 bits per heavy atom. The third-order valence-electron chi connectivity index (χ3n) is 5.23. The van der Waals surface area contributed by atoms with Crippen molar-refractivity contribution in [2.45, 2.75) is 17.1 Å². The highest BCUT2D eigenvalue weighted by Gasteiger charge is 2.26. The second-order valence-corrected chi connectivity index (χ2v) is 8.21. The number of fused-ring (bicyclic) bond motifs is 3. The maximum atomic E-state index is 2.41. The highest BCUT2D eigenvalue weighted by molar-refractivity contribution is 8.00. The summed E-state index contributed by atoms with van der Waals surface area (Å²) >= 11 is 1.97. The number of allylic oxidation sites excluding steroid dienone is 4. The summed E-state index contributed by atoms with van der Waals surface area (Å²) in [5.74, 6) is 0. The summed E-state index contributed by atoms with van der Waals surface area (Å²) in [5, 5.41) is 0.330. The minimum Gasteiger partial charge on any atom is -0.112 e. The van der Waals surface area contributed by atoms with Gasteiger partial charge in [0.2, 0.25) is 0 Å². The summed E-state index contributed by atoms with van der Waals surface area (Å²) in [6.45, 7) is 2.14. The van der Waals surface area contributed by atoms with Gasteiger partial charge in [0.05, 0.1) is 5.25 Å². The van der Waals surface area contributed by atoms with Crippen molar-refractivity contribution in [1.29, 1.82) is 0 Å². The number of benzene rings is 3. The molecule has 0 radical (unpaired) electrons. The van der Waals surface area contributed by atoms with Crippen molar-refractivity contribution < 1.29 is 0 Å². The second-order valence-electron chi connectivity index (χ2n) is 7.06. The average Bonchev–Trinajstić information content (AvgIpc) is 2.88. The molecule has 1 aliphatic carbocycles. The van der Waals surface area contributed by atoms with Gasteiger partial charge in [-0.1, -0.05) is 103 Å². The van der Waals surface area contributed by atoms with E-state index in [1.54, 1.807) is 0 Å². The molecular formula is C26H20S. The molecule has 2 bridgehead atoms. The third kappa shape index (κ3) is 2.98. The summed E-state index contributed by atoms with van der Waals surface area (Å²) in [7, 11) is 0. The predicted octanol–water partition coefficient (Wildman–Crippen LogP) is 7.17. The van der Waals surface area contributed by atoms with E-state index in [1.165, 1.54) is 43.9 Å². The number of hydrogen-bond donors (Lipinski definition) is 0. The van der Waals surface area contributed by atoms with Crippen LogP contribution in [0.3, 0.4) is 0 Å². The van der Waals surface area contributed by atoms with Crippen molar-refractivity contribution in [3.8, 4) is 11.1 Å². The molecule has 1 heterocycles. The van der Waals surface area contributed by atoms with E-state index in [-0.39, 0.29) is 0 Å². The maximum absolute atomic E-state index is 2.41. The van der Waals surface area contributed by atoms with Gasteiger partial charge in [-0.25, -0.2) is 0 Å². The topological polar surface area (TPSA) is 0 Å². The number of aryl methyl sites for hydroxylation is 1. The number of hydrogen-bond acceptors (Lipinski definition) is 1. The molecule has 0 saturated carbocycles. The van der Waals surface area contributed by atoms with Gasteiger partial charge in [-0.15, -0.1) is 11.8 Å². The largest absolute Gasteiger partial charge is 0.112 e. The molecule has 0 N–H and O–H groups in total. The maximum Gasteiger partial charge on any atom is 0.0539 e. The molecule has 0 spiro atoms. The van der Waals surface area contributed by atoms with Crippen molar-refractivity contribution in [3.63, 3.8) is 0 Å². The summed E-state index contributed by atoms with van der Waals surface area (Å²) in [5.41, 5.74) is 9.25. The third-order valence-corrected chi connectivity index (χ3v) is 6.55. The minimum absolute atomic E-state index is 0.330. The SMILES string of the molecule is Cc1ccc(-c2cccc3c2SC2C=C3C=CC=C2c2ccccc2)cc1. The van der Waals surface area contributed by atoms with Crippen LogP contribution in [0.5, 0.6) is 0 Å². The van der Waals surface area contributed by atoms with Crippen LogP contribution in [0.2, 0.25) is 0 Å². The normalized spacial score (nSPS) is 17.6. The molecule has 5 rings (SSSR count). The van der Waals surface area contributed by atoms with Crippen LogP contribution in [0.15, 0.2) is 102 Å². The van der Waals surface area contributed by atoms with Crippen LogP contribution < -0.4 is 0 Å². The highest BCUT2D eigenvalue weighted by Crippen LogP contribution is 2.48. The van der Waals surface area contributed by atoms with Gasteiger partial charge in [0, 0.05) is 4.90 Å². The van der Waals surface area contributed by atoms with E-state index in [0.717, 1.165) is 0 Å². The Balaban J connectivity index is 1.63. The molecule has 1 heteroatoms. The molecule has 3 aromatic rings. The van der Waals surface area contributed by atoms with Gasteiger partial charge in [-0.3, -0.25) is 0 Å². The minimum atomic E-state index is 0.330. The van der Waals surface area contributed by atoms with E-state index in [4.69, 9.17) is 0 Å². The molecule has 1 atom stereocenters. The van der Waals surface area contributed by atoms with E-state index in [1.807, 2.05) is 11.8 Å². The Labute approximate surface area is 165 Å². The fraction of sp³-hybridized carbons (Fsp3) is 0.0769. The average molecular weight is 365 g/mol. The Bertz CT molecular complexity index is 1080. The van der Waals surface area contributed by atoms with Gasteiger partial charge in [-0.05, 0) is 40.3 Å². The van der Waals surface area contributed by atoms with Crippen LogP contribution in [0, 0.1) is 6.92 Å². The molecule has 130 valence electrons. The molecule has 0 fully saturated rings. The molecular weight excluding hydrogens is 344 g/mol. The summed E-state index contributed by atoms with van der Waals surface area (Å²) in [6, 6.07) is 26.3. The molecule has 2 aliphatic rings. The smallest absolute Gasteiger partial charge is 0.0539 e. The molecule has 0 aromatic heterocycles. The van der Waals surface area contributed by atoms with Gasteiger partial charge in [-0.2, -0.15) is 0 Å². The van der Waals surface area contributed by atoms with Crippen LogP contribution in [0.1, 0.15) is 16.7 Å². The van der Waals surface area contributed by atoms with Gasteiger partial charge in [0.25, 0.3) is 0 Å². The lowest BCUT2D eigenvalue weighted by atomic mass is 9.96. The lowest BCUT2D eigenvalue weighted by Gasteiger charge is -2.26. The lowest BCUT2D eigenvalue weighted by Crippen LogP contribution is -2.08. The van der Waals surface area contributed by atoms with Crippen LogP contribution in [0.25, 0.3) is 22.3 Å². The molecule has 1 aliphatic heterocycles. The van der Waals surface area contributed by atoms with Gasteiger partial charge < -0.3 is 0 Å². The van der Waals surface area contributed by atoms with E-state index in [2.05, 4.69) is 104 Å². The lowest BCUT2D eigenvalue weighted by molar-refractivity contribution is 1.31. The van der Waals surface area contributed by atoms with E-state index in [0.29, 0.717) is 5.25 Å². The first-order chi connectivity index (χ1) is 13.3. The Hall–Kier alpha value is -2.77. The van der Waals surface area contributed by atoms with Crippen molar-refractivity contribution in [2.24, 2.45) is 0 Å². The van der Waals surface area contributed by atoms with Crippen molar-refractivity contribution in [2.75, 3.05) is 0 Å². The zero-order valence-electron chi connectivity index (χ0n) is 15.2. The van der Waals surface area contributed by atoms with E-state index in [9.17, 15) is 0 Å². The van der Waals surface area contributed by atoms with Crippen LogP contribution >= 0.6 is 11.8 Å². The quantitative estimate of drug-likeness (QED) is 0.464. The van der Waals surface area contributed by atoms with Crippen LogP contribution in [0.4, 0.5) is 0 Å². The molecule has 3 aromatic carbocycles. The van der Waals surface area contributed by atoms with Gasteiger partial charge >= 0.3 is 0 Å². The van der Waals surface area contributed by atoms with E-state index < -0.39 is 0 Å². The number of thioether (sulfide) groups is 1. The van der Waals surface area contributed by atoms with Crippen LogP contribution in [-0.2, 0) is 0 Å². The number of rotatable bonds is 2. The predicted molar refractivity (Wildman–Crippen MR) is 118 cm³/mol. The second kappa shape index (κ2) is 6.75. The fourth-order valence-corrected chi connectivity index (χ4v) is 5.24. The molecule has 0 nitrogen and oxygen atoms in total. The monoisotopic (exact) mass is 364 g/mol. The van der Waals surface area contributed by atoms with Crippen LogP contribution in [-0.4, -0.2) is 5.25 Å². The zero-order chi connectivity index (χ0) is 18.2. The Kier molecular flexibility index (Phi) is 4.10. The first kappa shape index (κ1) is 16.4.